The summed E-state index contributed by atoms with van der Waals surface area (Å²) in [6.45, 7) is 0. The van der Waals surface area contributed by atoms with Crippen LogP contribution in [0.2, 0.25) is 0 Å². The Kier molecular flexibility index (Phi) is 18.6. The van der Waals surface area contributed by atoms with E-state index in [1.54, 1.807) is 0 Å². The smallest absolute Gasteiger partial charge is 0.542 e. The summed E-state index contributed by atoms with van der Waals surface area (Å²) < 4.78 is 63.1. The van der Waals surface area contributed by atoms with Gasteiger partial charge in [-0.2, -0.15) is 26.3 Å². The average molecular weight is 768 g/mol. The Morgan fingerprint density at radius 2 is 0.652 bits per heavy atom. The summed E-state index contributed by atoms with van der Waals surface area (Å²) in [6, 6.07) is 44.4. The van der Waals surface area contributed by atoms with Crippen LogP contribution in [0.25, 0.3) is 0 Å². The minimum absolute atomic E-state index is 0. The van der Waals surface area contributed by atoms with Crippen molar-refractivity contribution < 1.29 is 65.6 Å². The van der Waals surface area contributed by atoms with E-state index in [2.05, 4.69) is 121 Å². The first-order valence-electron chi connectivity index (χ1n) is 13.6. The van der Waals surface area contributed by atoms with Crippen molar-refractivity contribution in [2.24, 2.45) is 0 Å². The molecule has 0 aromatic heterocycles. The van der Waals surface area contributed by atoms with Crippen molar-refractivity contribution in [2.45, 2.75) is 31.6 Å². The maximum absolute atomic E-state index is 10.5. The number of unbranched alkanes of at least 4 members (excludes halogenated alkanes) is 2. The molecule has 4 rings (SSSR count). The van der Waals surface area contributed by atoms with Crippen molar-refractivity contribution in [3.8, 4) is 0 Å². The molecule has 46 heavy (non-hydrogen) atoms. The number of halogens is 6. The van der Waals surface area contributed by atoms with Gasteiger partial charge in [0.1, 0.15) is 11.9 Å². The molecular weight excluding hydrogens is 737 g/mol. The number of carboxylic acids is 2. The molecule has 0 bridgehead atoms. The molecule has 0 heterocycles. The van der Waals surface area contributed by atoms with Gasteiger partial charge in [-0.1, -0.05) is 128 Å². The van der Waals surface area contributed by atoms with Gasteiger partial charge in [0.2, 0.25) is 0 Å². The monoisotopic (exact) mass is 768 g/mol. The van der Waals surface area contributed by atoms with Crippen molar-refractivity contribution in [3.63, 3.8) is 0 Å². The van der Waals surface area contributed by atoms with Crippen molar-refractivity contribution in [1.82, 2.24) is 0 Å². The van der Waals surface area contributed by atoms with Crippen LogP contribution in [0.1, 0.15) is 19.3 Å². The zero-order valence-electron chi connectivity index (χ0n) is 24.2. The summed E-state index contributed by atoms with van der Waals surface area (Å²) in [5, 5.41) is 23.6. The molecule has 0 fully saturated rings. The normalized spacial score (nSPS) is 11.0. The van der Waals surface area contributed by atoms with Gasteiger partial charge < -0.3 is 19.8 Å². The predicted octanol–water partition coefficient (Wildman–Crippen LogP) is 5.02. The molecule has 0 aliphatic rings. The molecule has 0 radical (unpaired) electrons. The third kappa shape index (κ3) is 15.4. The van der Waals surface area contributed by atoms with Gasteiger partial charge in [-0.25, -0.2) is 0 Å². The maximum atomic E-state index is 10.5. The van der Waals surface area contributed by atoms with E-state index in [1.807, 2.05) is 0 Å². The molecule has 0 atom stereocenters. The van der Waals surface area contributed by atoms with Gasteiger partial charge in [0.15, 0.2) is 0 Å². The van der Waals surface area contributed by atoms with Crippen molar-refractivity contribution in [1.29, 1.82) is 0 Å². The molecule has 0 N–H and O–H groups in total. The number of alkyl halides is 6. The van der Waals surface area contributed by atoms with Crippen LogP contribution in [0, 0.1) is 0 Å². The second-order valence-corrected chi connectivity index (χ2v) is 13.9. The summed E-state index contributed by atoms with van der Waals surface area (Å²) in [7, 11) is -0.530. The van der Waals surface area contributed by atoms with Crippen molar-refractivity contribution >= 4 is 49.0 Å². The van der Waals surface area contributed by atoms with Gasteiger partial charge >= 0.3 is 31.8 Å². The molecule has 0 aliphatic carbocycles. The van der Waals surface area contributed by atoms with E-state index in [1.165, 1.54) is 52.8 Å². The molecular formula is C33H30F6O4P2Ru. The second-order valence-electron chi connectivity index (χ2n) is 9.28. The Balaban J connectivity index is 0.000000592. The first kappa shape index (κ1) is 40.9. The van der Waals surface area contributed by atoms with Crippen LogP contribution in [-0.4, -0.2) is 36.6 Å². The molecule has 4 nitrogen and oxygen atoms in total. The minimum Gasteiger partial charge on any atom is -0.542 e. The molecule has 4 aromatic rings. The van der Waals surface area contributed by atoms with Gasteiger partial charge in [-0.3, -0.25) is 0 Å². The van der Waals surface area contributed by atoms with E-state index in [9.17, 15) is 26.3 Å². The summed E-state index contributed by atoms with van der Waals surface area (Å²) >= 11 is 0. The van der Waals surface area contributed by atoms with Crippen LogP contribution in [0.4, 0.5) is 26.3 Å². The van der Waals surface area contributed by atoms with Crippen molar-refractivity contribution in [3.05, 3.63) is 121 Å². The standard InChI is InChI=1S/C29H30P2.2C2HF3O2.Ru/c1-6-16-26(17-7-1)30(27-18-8-2-9-19-27)24-14-5-15-25-31(28-20-10-3-11-21-28)29-22-12-4-13-23-29;2*3-2(4,5)1(6)7;/h1-4,6-13,16-23H,5,14-15,24-25H2;2*(H,6,7);/q;;;+2/p-2. The number of carbonyl (C=O) groups is 2. The first-order valence-corrected chi connectivity index (χ1v) is 16.7. The molecule has 0 saturated carbocycles. The third-order valence-electron chi connectivity index (χ3n) is 6.00. The molecule has 0 spiro atoms. The van der Waals surface area contributed by atoms with Crippen LogP contribution in [0.3, 0.4) is 0 Å². The first-order chi connectivity index (χ1) is 21.3. The van der Waals surface area contributed by atoms with Crippen LogP contribution in [-0.2, 0) is 29.1 Å². The summed E-state index contributed by atoms with van der Waals surface area (Å²) in [5.41, 5.74) is 0. The zero-order chi connectivity index (χ0) is 33.3. The molecule has 0 unspecified atom stereocenters. The molecule has 246 valence electrons. The second kappa shape index (κ2) is 20.9. The number of aliphatic carboxylic acids is 2. The molecule has 13 heteroatoms. The summed E-state index contributed by atoms with van der Waals surface area (Å²) in [4.78, 5) is 17.6. The van der Waals surface area contributed by atoms with E-state index in [0.29, 0.717) is 0 Å². The Hall–Kier alpha value is -3.12. The number of carboxylic acid groups (broad SMARTS) is 2. The molecule has 0 aliphatic heterocycles. The van der Waals surface area contributed by atoms with Gasteiger partial charge in [-0.15, -0.1) is 0 Å². The minimum atomic E-state index is -5.19. The molecule has 0 saturated heterocycles. The zero-order valence-corrected chi connectivity index (χ0v) is 27.8. The van der Waals surface area contributed by atoms with Crippen LogP contribution < -0.4 is 31.4 Å². The van der Waals surface area contributed by atoms with E-state index in [-0.39, 0.29) is 35.3 Å². The molecule has 0 amide bonds. The fraction of sp³-hybridized carbons (Fsp3) is 0.212. The Bertz CT molecular complexity index is 1220. The number of rotatable bonds is 10. The molecule has 4 aromatic carbocycles. The Morgan fingerprint density at radius 1 is 0.457 bits per heavy atom. The van der Waals surface area contributed by atoms with E-state index in [0.717, 1.165) is 0 Å². The number of hydrogen-bond acceptors (Lipinski definition) is 4. The fourth-order valence-corrected chi connectivity index (χ4v) is 8.80. The third-order valence-corrected chi connectivity index (χ3v) is 11.2. The predicted molar refractivity (Wildman–Crippen MR) is 164 cm³/mol. The van der Waals surface area contributed by atoms with Crippen LogP contribution >= 0.6 is 15.8 Å². The van der Waals surface area contributed by atoms with Gasteiger partial charge in [-0.05, 0) is 62.2 Å². The summed E-state index contributed by atoms with van der Waals surface area (Å²) in [5.74, 6) is -6.01. The van der Waals surface area contributed by atoms with Crippen LogP contribution in [0.15, 0.2) is 121 Å². The Labute approximate surface area is 279 Å². The Morgan fingerprint density at radius 3 is 0.826 bits per heavy atom. The van der Waals surface area contributed by atoms with Crippen molar-refractivity contribution in [2.75, 3.05) is 12.3 Å². The number of hydrogen-bond donors (Lipinski definition) is 0. The van der Waals surface area contributed by atoms with Gasteiger partial charge in [0, 0.05) is 0 Å². The van der Waals surface area contributed by atoms with Gasteiger partial charge in [0.05, 0.1) is 0 Å². The van der Waals surface area contributed by atoms with E-state index < -0.39 is 24.3 Å². The largest absolute Gasteiger partial charge is 2.00 e. The van der Waals surface area contributed by atoms with E-state index >= 15 is 0 Å². The SMILES string of the molecule is O=C([O-])C(F)(F)F.O=C([O-])C(F)(F)F.[Ru+2].c1ccc(P(CCCCCP(c2ccccc2)c2ccccc2)c2ccccc2)cc1. The fourth-order valence-electron chi connectivity index (χ4n) is 3.96. The van der Waals surface area contributed by atoms with E-state index in [4.69, 9.17) is 19.8 Å². The maximum Gasteiger partial charge on any atom is 2.00 e. The number of benzene rings is 4. The number of carbonyl (C=O) groups excluding carboxylic acids is 2. The summed E-state index contributed by atoms with van der Waals surface area (Å²) in [6.07, 6.45) is -3.95. The van der Waals surface area contributed by atoms with Gasteiger partial charge in [0.25, 0.3) is 0 Å². The quantitative estimate of drug-likeness (QED) is 0.0984. The van der Waals surface area contributed by atoms with Crippen LogP contribution in [0.5, 0.6) is 0 Å². The topological polar surface area (TPSA) is 80.3 Å². The average Bonchev–Trinajstić information content (AvgIpc) is 3.02.